The second-order valence-electron chi connectivity index (χ2n) is 4.66. The normalized spacial score (nSPS) is 23.6. The summed E-state index contributed by atoms with van der Waals surface area (Å²) in [7, 11) is 0. The van der Waals surface area contributed by atoms with Crippen molar-refractivity contribution in [2.45, 2.75) is 59.8 Å². The Morgan fingerprint density at radius 1 is 1.07 bits per heavy atom. The number of ether oxygens (including phenoxy) is 1. The Morgan fingerprint density at radius 3 is 1.93 bits per heavy atom. The molecule has 88 valence electrons. The molecule has 15 heavy (non-hydrogen) atoms. The summed E-state index contributed by atoms with van der Waals surface area (Å²) in [6, 6.07) is 0. The van der Waals surface area contributed by atoms with Crippen LogP contribution in [0.15, 0.2) is 0 Å². The monoisotopic (exact) mass is 212 g/mol. The minimum absolute atomic E-state index is 0.0439. The molecule has 0 atom stereocenters. The van der Waals surface area contributed by atoms with Gasteiger partial charge in [-0.15, -0.1) is 0 Å². The fraction of sp³-hybridized carbons (Fsp3) is 0.923. The van der Waals surface area contributed by atoms with E-state index in [0.717, 1.165) is 32.1 Å². The van der Waals surface area contributed by atoms with E-state index in [0.29, 0.717) is 6.61 Å². The quantitative estimate of drug-likeness (QED) is 0.666. The van der Waals surface area contributed by atoms with Gasteiger partial charge in [0, 0.05) is 0 Å². The minimum atomic E-state index is -0.227. The van der Waals surface area contributed by atoms with Crippen LogP contribution in [0.2, 0.25) is 0 Å². The Labute approximate surface area is 93.4 Å². The molecule has 1 aliphatic heterocycles. The van der Waals surface area contributed by atoms with Gasteiger partial charge in [0.2, 0.25) is 0 Å². The molecule has 0 spiro atoms. The van der Waals surface area contributed by atoms with Crippen LogP contribution in [0.4, 0.5) is 0 Å². The van der Waals surface area contributed by atoms with Crippen LogP contribution in [-0.2, 0) is 9.53 Å². The molecular formula is C13H24O2. The molecule has 0 aliphatic carbocycles. The summed E-state index contributed by atoms with van der Waals surface area (Å²) in [5, 5.41) is 0. The molecule has 0 aromatic rings. The van der Waals surface area contributed by atoms with Crippen molar-refractivity contribution in [3.8, 4) is 0 Å². The van der Waals surface area contributed by atoms with Gasteiger partial charge in [-0.05, 0) is 37.5 Å². The average Bonchev–Trinajstić information content (AvgIpc) is 2.29. The molecule has 0 saturated carbocycles. The summed E-state index contributed by atoms with van der Waals surface area (Å²) in [5.41, 5.74) is -0.0550. The molecule has 0 unspecified atom stereocenters. The lowest BCUT2D eigenvalue weighted by Crippen LogP contribution is -2.51. The highest BCUT2D eigenvalue weighted by atomic mass is 16.5. The fourth-order valence-corrected chi connectivity index (χ4v) is 3.50. The van der Waals surface area contributed by atoms with E-state index < -0.39 is 0 Å². The summed E-state index contributed by atoms with van der Waals surface area (Å²) in [6.07, 6.45) is 5.02. The first-order valence-corrected chi connectivity index (χ1v) is 6.29. The van der Waals surface area contributed by atoms with Crippen molar-refractivity contribution in [3.63, 3.8) is 0 Å². The second-order valence-corrected chi connectivity index (χ2v) is 4.66. The highest BCUT2D eigenvalue weighted by molar-refractivity contribution is 5.78. The van der Waals surface area contributed by atoms with Crippen molar-refractivity contribution in [1.82, 2.24) is 0 Å². The third-order valence-corrected chi connectivity index (χ3v) is 4.78. The summed E-state index contributed by atoms with van der Waals surface area (Å²) in [5.74, 6) is 0.0439. The maximum atomic E-state index is 12.1. The number of carbonyl (C=O) groups excluding carboxylic acids is 1. The van der Waals surface area contributed by atoms with E-state index in [2.05, 4.69) is 27.7 Å². The van der Waals surface area contributed by atoms with Gasteiger partial charge < -0.3 is 4.74 Å². The SMILES string of the molecule is CCC1(CC)CCOC(=O)C1(CC)CC. The lowest BCUT2D eigenvalue weighted by atomic mass is 9.55. The van der Waals surface area contributed by atoms with Gasteiger partial charge >= 0.3 is 5.97 Å². The van der Waals surface area contributed by atoms with Gasteiger partial charge in [0.1, 0.15) is 0 Å². The van der Waals surface area contributed by atoms with Gasteiger partial charge in [-0.2, -0.15) is 0 Å². The van der Waals surface area contributed by atoms with Crippen molar-refractivity contribution < 1.29 is 9.53 Å². The molecule has 0 aromatic heterocycles. The number of esters is 1. The van der Waals surface area contributed by atoms with E-state index >= 15 is 0 Å². The number of carbonyl (C=O) groups is 1. The molecule has 1 fully saturated rings. The molecular weight excluding hydrogens is 188 g/mol. The van der Waals surface area contributed by atoms with Gasteiger partial charge in [-0.1, -0.05) is 27.7 Å². The summed E-state index contributed by atoms with van der Waals surface area (Å²) < 4.78 is 5.30. The van der Waals surface area contributed by atoms with Crippen molar-refractivity contribution in [3.05, 3.63) is 0 Å². The van der Waals surface area contributed by atoms with E-state index in [1.54, 1.807) is 0 Å². The lowest BCUT2D eigenvalue weighted by molar-refractivity contribution is -0.182. The molecule has 0 aromatic carbocycles. The molecule has 0 amide bonds. The topological polar surface area (TPSA) is 26.3 Å². The third-order valence-electron chi connectivity index (χ3n) is 4.78. The first-order valence-electron chi connectivity index (χ1n) is 6.29. The number of hydrogen-bond acceptors (Lipinski definition) is 2. The van der Waals surface area contributed by atoms with Crippen molar-refractivity contribution in [2.24, 2.45) is 10.8 Å². The van der Waals surface area contributed by atoms with Gasteiger partial charge in [0.25, 0.3) is 0 Å². The van der Waals surface area contributed by atoms with Crippen LogP contribution in [-0.4, -0.2) is 12.6 Å². The molecule has 1 saturated heterocycles. The minimum Gasteiger partial charge on any atom is -0.465 e. The van der Waals surface area contributed by atoms with Gasteiger partial charge in [-0.3, -0.25) is 4.79 Å². The Bertz CT molecular complexity index is 225. The molecule has 2 nitrogen and oxygen atoms in total. The molecule has 2 heteroatoms. The number of rotatable bonds is 4. The molecule has 0 N–H and O–H groups in total. The van der Waals surface area contributed by atoms with E-state index in [9.17, 15) is 4.79 Å². The first-order chi connectivity index (χ1) is 7.12. The summed E-state index contributed by atoms with van der Waals surface area (Å²) in [6.45, 7) is 9.28. The maximum Gasteiger partial charge on any atom is 0.312 e. The molecule has 0 radical (unpaired) electrons. The predicted octanol–water partition coefficient (Wildman–Crippen LogP) is 3.55. The van der Waals surface area contributed by atoms with Crippen LogP contribution in [0, 0.1) is 10.8 Å². The second kappa shape index (κ2) is 4.54. The largest absolute Gasteiger partial charge is 0.465 e. The maximum absolute atomic E-state index is 12.1. The first kappa shape index (κ1) is 12.5. The number of cyclic esters (lactones) is 1. The predicted molar refractivity (Wildman–Crippen MR) is 61.6 cm³/mol. The Hall–Kier alpha value is -0.530. The van der Waals surface area contributed by atoms with Crippen LogP contribution in [0.25, 0.3) is 0 Å². The highest BCUT2D eigenvalue weighted by Gasteiger charge is 2.55. The molecule has 0 bridgehead atoms. The smallest absolute Gasteiger partial charge is 0.312 e. The standard InChI is InChI=1S/C13H24O2/c1-5-12(6-2)9-10-15-11(14)13(12,7-3)8-4/h5-10H2,1-4H3. The van der Waals surface area contributed by atoms with Crippen LogP contribution in [0.1, 0.15) is 59.8 Å². The zero-order valence-corrected chi connectivity index (χ0v) is 10.6. The van der Waals surface area contributed by atoms with Crippen LogP contribution < -0.4 is 0 Å². The van der Waals surface area contributed by atoms with Crippen molar-refractivity contribution >= 4 is 5.97 Å². The van der Waals surface area contributed by atoms with E-state index in [4.69, 9.17) is 4.74 Å². The van der Waals surface area contributed by atoms with Crippen LogP contribution in [0.3, 0.4) is 0 Å². The van der Waals surface area contributed by atoms with Crippen molar-refractivity contribution in [2.75, 3.05) is 6.61 Å². The lowest BCUT2D eigenvalue weighted by Gasteiger charge is -2.51. The van der Waals surface area contributed by atoms with E-state index in [1.165, 1.54) is 0 Å². The van der Waals surface area contributed by atoms with Crippen LogP contribution in [0.5, 0.6) is 0 Å². The van der Waals surface area contributed by atoms with Gasteiger partial charge in [-0.25, -0.2) is 0 Å². The fourth-order valence-electron chi connectivity index (χ4n) is 3.50. The zero-order valence-electron chi connectivity index (χ0n) is 10.6. The number of hydrogen-bond donors (Lipinski definition) is 0. The van der Waals surface area contributed by atoms with E-state index in [1.807, 2.05) is 0 Å². The molecule has 1 aliphatic rings. The molecule has 1 rings (SSSR count). The highest BCUT2D eigenvalue weighted by Crippen LogP contribution is 2.54. The van der Waals surface area contributed by atoms with Crippen LogP contribution >= 0.6 is 0 Å². The van der Waals surface area contributed by atoms with E-state index in [-0.39, 0.29) is 16.8 Å². The summed E-state index contributed by atoms with van der Waals surface area (Å²) in [4.78, 5) is 12.1. The molecule has 1 heterocycles. The summed E-state index contributed by atoms with van der Waals surface area (Å²) >= 11 is 0. The van der Waals surface area contributed by atoms with Gasteiger partial charge in [0.15, 0.2) is 0 Å². The third kappa shape index (κ3) is 1.58. The van der Waals surface area contributed by atoms with Gasteiger partial charge in [0.05, 0.1) is 12.0 Å². The average molecular weight is 212 g/mol. The Balaban J connectivity index is 3.15. The Kier molecular flexibility index (Phi) is 3.80. The van der Waals surface area contributed by atoms with Crippen molar-refractivity contribution in [1.29, 1.82) is 0 Å². The Morgan fingerprint density at radius 2 is 1.60 bits per heavy atom. The zero-order chi connectivity index (χ0) is 11.5.